The van der Waals surface area contributed by atoms with Crippen LogP contribution < -0.4 is 5.32 Å². The molecule has 0 saturated carbocycles. The molecule has 2 heterocycles. The van der Waals surface area contributed by atoms with Gasteiger partial charge < -0.3 is 15.3 Å². The Morgan fingerprint density at radius 2 is 1.87 bits per heavy atom. The van der Waals surface area contributed by atoms with Crippen molar-refractivity contribution in [3.63, 3.8) is 0 Å². The molecule has 1 atom stereocenters. The predicted octanol–water partition coefficient (Wildman–Crippen LogP) is 2.52. The number of fused-ring (bicyclic) bond motifs is 1. The molecule has 1 saturated heterocycles. The zero-order valence-corrected chi connectivity index (χ0v) is 16.8. The Labute approximate surface area is 175 Å². The smallest absolute Gasteiger partial charge is 0.252 e. The summed E-state index contributed by atoms with van der Waals surface area (Å²) in [7, 11) is 0. The van der Waals surface area contributed by atoms with E-state index in [4.69, 9.17) is 10.1 Å². The fourth-order valence-electron chi connectivity index (χ4n) is 3.97. The summed E-state index contributed by atoms with van der Waals surface area (Å²) in [4.78, 5) is 32.0. The average Bonchev–Trinajstić information content (AvgIpc) is 3.28. The van der Waals surface area contributed by atoms with Crippen LogP contribution in [0.3, 0.4) is 0 Å². The number of hydrogen-bond donors (Lipinski definition) is 2. The van der Waals surface area contributed by atoms with Crippen molar-refractivity contribution in [2.24, 2.45) is 0 Å². The number of para-hydroxylation sites is 1. The number of hydrogen-bond acceptors (Lipinski definition) is 4. The van der Waals surface area contributed by atoms with E-state index in [1.54, 1.807) is 0 Å². The van der Waals surface area contributed by atoms with Crippen molar-refractivity contribution in [3.8, 4) is 0 Å². The number of amides is 2. The van der Waals surface area contributed by atoms with Gasteiger partial charge in [0.1, 0.15) is 0 Å². The first-order chi connectivity index (χ1) is 14.7. The van der Waals surface area contributed by atoms with Crippen LogP contribution in [0.1, 0.15) is 34.0 Å². The number of likely N-dealkylation sites (tertiary alicyclic amines) is 1. The van der Waals surface area contributed by atoms with Gasteiger partial charge in [0.05, 0.1) is 24.1 Å². The molecule has 3 aromatic rings. The van der Waals surface area contributed by atoms with E-state index in [-0.39, 0.29) is 30.9 Å². The van der Waals surface area contributed by atoms with Crippen LogP contribution in [0.15, 0.2) is 60.7 Å². The molecule has 2 aromatic carbocycles. The van der Waals surface area contributed by atoms with E-state index in [1.807, 2.05) is 65.6 Å². The van der Waals surface area contributed by atoms with Gasteiger partial charge in [-0.1, -0.05) is 48.5 Å². The maximum atomic E-state index is 12.7. The van der Waals surface area contributed by atoms with Gasteiger partial charge >= 0.3 is 0 Å². The molecule has 0 spiro atoms. The molecule has 6 nitrogen and oxygen atoms in total. The summed E-state index contributed by atoms with van der Waals surface area (Å²) in [6.45, 7) is 1.39. The number of pyridine rings is 1. The second kappa shape index (κ2) is 9.05. The van der Waals surface area contributed by atoms with E-state index >= 15 is 0 Å². The second-order valence-electron chi connectivity index (χ2n) is 7.58. The summed E-state index contributed by atoms with van der Waals surface area (Å²) >= 11 is 0. The van der Waals surface area contributed by atoms with E-state index in [9.17, 15) is 9.59 Å². The van der Waals surface area contributed by atoms with Crippen molar-refractivity contribution in [1.82, 2.24) is 15.2 Å². The van der Waals surface area contributed by atoms with E-state index in [2.05, 4.69) is 5.32 Å². The molecule has 4 rings (SSSR count). The van der Waals surface area contributed by atoms with Crippen LogP contribution in [0.4, 0.5) is 0 Å². The monoisotopic (exact) mass is 403 g/mol. The summed E-state index contributed by atoms with van der Waals surface area (Å²) in [5.74, 6) is -0.0111. The third-order valence-corrected chi connectivity index (χ3v) is 5.54. The van der Waals surface area contributed by atoms with Gasteiger partial charge in [0.15, 0.2) is 0 Å². The highest BCUT2D eigenvalue weighted by molar-refractivity contribution is 6.06. The van der Waals surface area contributed by atoms with Gasteiger partial charge in [-0.25, -0.2) is 0 Å². The molecule has 0 radical (unpaired) electrons. The normalized spacial score (nSPS) is 16.0. The molecule has 2 amide bonds. The van der Waals surface area contributed by atoms with Crippen molar-refractivity contribution >= 4 is 22.7 Å². The number of rotatable bonds is 6. The van der Waals surface area contributed by atoms with Crippen molar-refractivity contribution in [1.29, 1.82) is 0 Å². The quantitative estimate of drug-likeness (QED) is 0.663. The van der Waals surface area contributed by atoms with Crippen molar-refractivity contribution in [3.05, 3.63) is 77.5 Å². The molecule has 0 bridgehead atoms. The second-order valence-corrected chi connectivity index (χ2v) is 7.58. The number of aliphatic hydroxyl groups excluding tert-OH is 1. The highest BCUT2D eigenvalue weighted by atomic mass is 16.3. The van der Waals surface area contributed by atoms with Gasteiger partial charge in [0.25, 0.3) is 5.91 Å². The highest BCUT2D eigenvalue weighted by Gasteiger charge is 2.29. The first-order valence-electron chi connectivity index (χ1n) is 10.3. The van der Waals surface area contributed by atoms with E-state index in [1.165, 1.54) is 0 Å². The Bertz CT molecular complexity index is 1050. The van der Waals surface area contributed by atoms with Crippen LogP contribution >= 0.6 is 0 Å². The topological polar surface area (TPSA) is 82.5 Å². The molecular formula is C24H25N3O3. The highest BCUT2D eigenvalue weighted by Crippen LogP contribution is 2.29. The average molecular weight is 403 g/mol. The molecule has 1 aromatic heterocycles. The molecule has 30 heavy (non-hydrogen) atoms. The lowest BCUT2D eigenvalue weighted by molar-refractivity contribution is -0.129. The van der Waals surface area contributed by atoms with Gasteiger partial charge in [-0.3, -0.25) is 14.6 Å². The van der Waals surface area contributed by atoms with Crippen LogP contribution in [-0.2, 0) is 11.2 Å². The Hall–Kier alpha value is -3.25. The largest absolute Gasteiger partial charge is 0.395 e. The zero-order valence-electron chi connectivity index (χ0n) is 16.8. The molecule has 6 heteroatoms. The number of nitrogens with one attached hydrogen (secondary N) is 1. The Kier molecular flexibility index (Phi) is 6.05. The van der Waals surface area contributed by atoms with Gasteiger partial charge in [-0.05, 0) is 24.1 Å². The van der Waals surface area contributed by atoms with Crippen LogP contribution in [-0.4, -0.2) is 53.0 Å². The minimum Gasteiger partial charge on any atom is -0.395 e. The third kappa shape index (κ3) is 4.33. The molecular weight excluding hydrogens is 378 g/mol. The maximum Gasteiger partial charge on any atom is 0.252 e. The van der Waals surface area contributed by atoms with Gasteiger partial charge in [0, 0.05) is 36.6 Å². The predicted molar refractivity (Wildman–Crippen MR) is 115 cm³/mol. The van der Waals surface area contributed by atoms with Gasteiger partial charge in [-0.2, -0.15) is 0 Å². The number of aromatic nitrogens is 1. The first-order valence-corrected chi connectivity index (χ1v) is 10.3. The molecule has 1 fully saturated rings. The van der Waals surface area contributed by atoms with E-state index in [0.29, 0.717) is 25.1 Å². The Morgan fingerprint density at radius 3 is 2.67 bits per heavy atom. The van der Waals surface area contributed by atoms with Crippen LogP contribution in [0.2, 0.25) is 0 Å². The molecule has 1 aliphatic rings. The molecule has 2 N–H and O–H groups in total. The number of nitrogens with zero attached hydrogens (tertiary/aromatic N) is 2. The lowest BCUT2D eigenvalue weighted by Gasteiger charge is -2.17. The SMILES string of the molecule is O=C(NCCO)c1cc([C@H]2CCN(C(=O)Cc3ccccc3)C2)nc2ccccc12. The third-order valence-electron chi connectivity index (χ3n) is 5.54. The summed E-state index contributed by atoms with van der Waals surface area (Å²) < 4.78 is 0. The van der Waals surface area contributed by atoms with E-state index < -0.39 is 0 Å². The molecule has 0 aliphatic carbocycles. The summed E-state index contributed by atoms with van der Waals surface area (Å²) in [5, 5.41) is 12.5. The van der Waals surface area contributed by atoms with Gasteiger partial charge in [0.2, 0.25) is 5.91 Å². The van der Waals surface area contributed by atoms with E-state index in [0.717, 1.165) is 28.6 Å². The maximum absolute atomic E-state index is 12.7. The number of carbonyl (C=O) groups excluding carboxylic acids is 2. The Balaban J connectivity index is 1.54. The number of aliphatic hydroxyl groups is 1. The standard InChI is InChI=1S/C24H25N3O3/c28-13-11-25-24(30)20-15-22(26-21-9-5-4-8-19(20)21)18-10-12-27(16-18)23(29)14-17-6-2-1-3-7-17/h1-9,15,18,28H,10-14,16H2,(H,25,30)/t18-/m0/s1. The Morgan fingerprint density at radius 1 is 1.10 bits per heavy atom. The zero-order chi connectivity index (χ0) is 20.9. The minimum absolute atomic E-state index is 0.0960. The van der Waals surface area contributed by atoms with Crippen molar-refractivity contribution < 1.29 is 14.7 Å². The summed E-state index contributed by atoms with van der Waals surface area (Å²) in [6, 6.07) is 19.2. The lowest BCUT2D eigenvalue weighted by atomic mass is 9.99. The molecule has 0 unspecified atom stereocenters. The lowest BCUT2D eigenvalue weighted by Crippen LogP contribution is -2.30. The molecule has 154 valence electrons. The number of carbonyl (C=O) groups is 2. The summed E-state index contributed by atoms with van der Waals surface area (Å²) in [6.07, 6.45) is 1.22. The van der Waals surface area contributed by atoms with Crippen LogP contribution in [0, 0.1) is 0 Å². The van der Waals surface area contributed by atoms with Crippen LogP contribution in [0.5, 0.6) is 0 Å². The van der Waals surface area contributed by atoms with Crippen LogP contribution in [0.25, 0.3) is 10.9 Å². The fraction of sp³-hybridized carbons (Fsp3) is 0.292. The fourth-order valence-corrected chi connectivity index (χ4v) is 3.97. The number of benzene rings is 2. The molecule has 1 aliphatic heterocycles. The summed E-state index contributed by atoms with van der Waals surface area (Å²) in [5.41, 5.74) is 3.16. The first kappa shape index (κ1) is 20.0. The minimum atomic E-state index is -0.223. The van der Waals surface area contributed by atoms with Gasteiger partial charge in [-0.15, -0.1) is 0 Å². The van der Waals surface area contributed by atoms with Crippen molar-refractivity contribution in [2.45, 2.75) is 18.8 Å². The van der Waals surface area contributed by atoms with Crippen molar-refractivity contribution in [2.75, 3.05) is 26.2 Å².